The van der Waals surface area contributed by atoms with Crippen molar-refractivity contribution in [2.24, 2.45) is 0 Å². The van der Waals surface area contributed by atoms with Crippen molar-refractivity contribution in [1.29, 1.82) is 0 Å². The molecule has 0 amide bonds. The molecule has 2 aromatic heterocycles. The Hall–Kier alpha value is -1.19. The second-order valence-corrected chi connectivity index (χ2v) is 6.96. The van der Waals surface area contributed by atoms with Gasteiger partial charge in [0.25, 0.3) is 0 Å². The summed E-state index contributed by atoms with van der Waals surface area (Å²) >= 11 is 1.57. The third kappa shape index (κ3) is 2.36. The number of fused-ring (bicyclic) bond motifs is 2. The van der Waals surface area contributed by atoms with Gasteiger partial charge in [-0.1, -0.05) is 0 Å². The first-order chi connectivity index (χ1) is 11.0. The number of hydrogen-bond donors (Lipinski definition) is 1. The summed E-state index contributed by atoms with van der Waals surface area (Å²) in [5.41, 5.74) is 1.81. The maximum Gasteiger partial charge on any atom is 0.164 e. The minimum absolute atomic E-state index is 0.106. The predicted octanol–water partition coefficient (Wildman–Crippen LogP) is 1.40. The van der Waals surface area contributed by atoms with Crippen molar-refractivity contribution in [3.8, 4) is 0 Å². The number of nitrogens with zero attached hydrogens (tertiary/aromatic N) is 3. The first-order valence-electron chi connectivity index (χ1n) is 7.52. The van der Waals surface area contributed by atoms with Gasteiger partial charge < -0.3 is 19.3 Å². The number of hydrogen-bond acceptors (Lipinski definition) is 7. The minimum Gasteiger partial charge on any atom is -0.394 e. The molecule has 124 valence electrons. The average molecular weight is 337 g/mol. The molecule has 0 spiro atoms. The largest absolute Gasteiger partial charge is 0.394 e. The zero-order valence-corrected chi connectivity index (χ0v) is 14.0. The van der Waals surface area contributed by atoms with Crippen molar-refractivity contribution in [3.05, 3.63) is 24.2 Å². The topological polar surface area (TPSA) is 78.1 Å². The minimum atomic E-state index is -0.683. The van der Waals surface area contributed by atoms with Gasteiger partial charge in [0, 0.05) is 0 Å². The Labute approximate surface area is 137 Å². The van der Waals surface area contributed by atoms with Crippen LogP contribution < -0.4 is 0 Å². The lowest BCUT2D eigenvalue weighted by atomic mass is 10.1. The van der Waals surface area contributed by atoms with E-state index in [0.29, 0.717) is 0 Å². The summed E-state index contributed by atoms with van der Waals surface area (Å²) in [7, 11) is 0. The Morgan fingerprint density at radius 3 is 2.83 bits per heavy atom. The molecular weight excluding hydrogens is 318 g/mol. The van der Waals surface area contributed by atoms with E-state index in [1.165, 1.54) is 6.33 Å². The van der Waals surface area contributed by atoms with Crippen LogP contribution in [0, 0.1) is 0 Å². The molecule has 0 saturated carbocycles. The Bertz CT molecular complexity index is 735. The Morgan fingerprint density at radius 1 is 1.30 bits per heavy atom. The lowest BCUT2D eigenvalue weighted by Crippen LogP contribution is -2.31. The molecule has 1 N–H and O–H groups in total. The highest BCUT2D eigenvalue weighted by molar-refractivity contribution is 7.98. The van der Waals surface area contributed by atoms with Crippen LogP contribution in [-0.2, 0) is 14.2 Å². The van der Waals surface area contributed by atoms with Crippen molar-refractivity contribution in [2.45, 2.75) is 49.1 Å². The van der Waals surface area contributed by atoms with Crippen LogP contribution in [0.25, 0.3) is 5.52 Å². The first kappa shape index (κ1) is 15.3. The van der Waals surface area contributed by atoms with Crippen LogP contribution in [0.4, 0.5) is 0 Å². The highest BCUT2D eigenvalue weighted by Gasteiger charge is 2.55. The van der Waals surface area contributed by atoms with Crippen LogP contribution in [-0.4, -0.2) is 56.7 Å². The van der Waals surface area contributed by atoms with Crippen molar-refractivity contribution in [2.75, 3.05) is 12.9 Å². The second kappa shape index (κ2) is 5.42. The van der Waals surface area contributed by atoms with Crippen LogP contribution in [0.1, 0.15) is 25.6 Å². The fourth-order valence-corrected chi connectivity index (χ4v) is 3.89. The molecule has 0 aliphatic carbocycles. The summed E-state index contributed by atoms with van der Waals surface area (Å²) < 4.78 is 19.8. The number of aliphatic hydroxyl groups is 1. The normalized spacial score (nSPS) is 32.5. The van der Waals surface area contributed by atoms with E-state index in [9.17, 15) is 5.11 Å². The van der Waals surface area contributed by atoms with Crippen LogP contribution in [0.2, 0.25) is 0 Å². The Kier molecular flexibility index (Phi) is 3.62. The molecule has 0 bridgehead atoms. The van der Waals surface area contributed by atoms with E-state index >= 15 is 0 Å². The summed E-state index contributed by atoms with van der Waals surface area (Å²) in [5.74, 6) is -0.683. The third-order valence-electron chi connectivity index (χ3n) is 4.26. The second-order valence-electron chi connectivity index (χ2n) is 6.17. The molecule has 4 heterocycles. The van der Waals surface area contributed by atoms with E-state index in [-0.39, 0.29) is 24.9 Å². The van der Waals surface area contributed by atoms with Crippen LogP contribution >= 0.6 is 11.8 Å². The molecule has 23 heavy (non-hydrogen) atoms. The first-order valence-corrected chi connectivity index (χ1v) is 8.75. The number of aromatic nitrogens is 3. The van der Waals surface area contributed by atoms with Gasteiger partial charge in [-0.3, -0.25) is 0 Å². The van der Waals surface area contributed by atoms with Gasteiger partial charge in [-0.05, 0) is 32.2 Å². The fourth-order valence-electron chi connectivity index (χ4n) is 3.37. The number of ether oxygens (including phenoxy) is 3. The van der Waals surface area contributed by atoms with Crippen LogP contribution in [0.5, 0.6) is 0 Å². The maximum absolute atomic E-state index is 9.60. The van der Waals surface area contributed by atoms with E-state index in [2.05, 4.69) is 10.1 Å². The molecule has 4 rings (SSSR count). The Balaban J connectivity index is 1.76. The van der Waals surface area contributed by atoms with Crippen molar-refractivity contribution in [3.63, 3.8) is 0 Å². The standard InChI is InChI=1S/C15H19N3O4S/c1-15(2)21-12-10(6-19)20-11(13(12)22-15)8-4-5-9-14(23-3)16-7-17-18(8)9/h4-5,7,10-13,19H,6H2,1-3H3. The zero-order valence-electron chi connectivity index (χ0n) is 13.2. The third-order valence-corrected chi connectivity index (χ3v) is 4.96. The van der Waals surface area contributed by atoms with Crippen molar-refractivity contribution >= 4 is 17.3 Å². The quantitative estimate of drug-likeness (QED) is 0.848. The molecule has 0 aromatic carbocycles. The lowest BCUT2D eigenvalue weighted by molar-refractivity contribution is -0.191. The van der Waals surface area contributed by atoms with E-state index in [1.54, 1.807) is 11.8 Å². The maximum atomic E-state index is 9.60. The molecule has 4 atom stereocenters. The zero-order chi connectivity index (χ0) is 16.2. The highest BCUT2D eigenvalue weighted by atomic mass is 32.2. The number of rotatable bonds is 3. The van der Waals surface area contributed by atoms with Gasteiger partial charge in [-0.25, -0.2) is 9.50 Å². The van der Waals surface area contributed by atoms with Gasteiger partial charge in [-0.2, -0.15) is 5.10 Å². The summed E-state index contributed by atoms with van der Waals surface area (Å²) in [4.78, 5) is 4.28. The summed E-state index contributed by atoms with van der Waals surface area (Å²) in [5, 5.41) is 14.9. The van der Waals surface area contributed by atoms with Crippen LogP contribution in [0.15, 0.2) is 23.5 Å². The predicted molar refractivity (Wildman–Crippen MR) is 83.3 cm³/mol. The molecule has 7 nitrogen and oxygen atoms in total. The van der Waals surface area contributed by atoms with E-state index < -0.39 is 11.9 Å². The molecule has 2 aromatic rings. The molecule has 2 saturated heterocycles. The van der Waals surface area contributed by atoms with Crippen molar-refractivity contribution in [1.82, 2.24) is 14.6 Å². The van der Waals surface area contributed by atoms with Crippen molar-refractivity contribution < 1.29 is 19.3 Å². The fraction of sp³-hybridized carbons (Fsp3) is 0.600. The number of aliphatic hydroxyl groups excluding tert-OH is 1. The molecule has 0 radical (unpaired) electrons. The molecular formula is C15H19N3O4S. The van der Waals surface area contributed by atoms with Gasteiger partial charge in [0.2, 0.25) is 0 Å². The monoisotopic (exact) mass is 337 g/mol. The van der Waals surface area contributed by atoms with Gasteiger partial charge in [0.15, 0.2) is 5.79 Å². The van der Waals surface area contributed by atoms with Gasteiger partial charge in [0.05, 0.1) is 17.8 Å². The smallest absolute Gasteiger partial charge is 0.164 e. The van der Waals surface area contributed by atoms with E-state index in [1.807, 2.05) is 36.8 Å². The van der Waals surface area contributed by atoms with Crippen LogP contribution in [0.3, 0.4) is 0 Å². The molecule has 2 aliphatic rings. The summed E-state index contributed by atoms with van der Waals surface area (Å²) in [6.45, 7) is 3.65. The van der Waals surface area contributed by atoms with E-state index in [0.717, 1.165) is 16.2 Å². The highest BCUT2D eigenvalue weighted by Crippen LogP contribution is 2.45. The lowest BCUT2D eigenvalue weighted by Gasteiger charge is -2.23. The van der Waals surface area contributed by atoms with Gasteiger partial charge in [-0.15, -0.1) is 11.8 Å². The van der Waals surface area contributed by atoms with Gasteiger partial charge >= 0.3 is 0 Å². The molecule has 2 aliphatic heterocycles. The molecule has 4 unspecified atom stereocenters. The van der Waals surface area contributed by atoms with E-state index in [4.69, 9.17) is 14.2 Å². The molecule has 8 heteroatoms. The SMILES string of the molecule is CSc1ncnn2c(C3OC(CO)C4OC(C)(C)OC34)ccc12. The molecule has 2 fully saturated rings. The summed E-state index contributed by atoms with van der Waals surface area (Å²) in [6, 6.07) is 3.95. The number of thioether (sulfide) groups is 1. The average Bonchev–Trinajstić information content (AvgIpc) is 3.17. The Morgan fingerprint density at radius 2 is 2.09 bits per heavy atom. The summed E-state index contributed by atoms with van der Waals surface area (Å²) in [6.07, 6.45) is 2.22. The van der Waals surface area contributed by atoms with Gasteiger partial charge in [0.1, 0.15) is 35.8 Å².